The van der Waals surface area contributed by atoms with Crippen molar-refractivity contribution >= 4 is 33.2 Å². The summed E-state index contributed by atoms with van der Waals surface area (Å²) >= 11 is 0.946. The average molecular weight is 480 g/mol. The van der Waals surface area contributed by atoms with Crippen LogP contribution in [0.4, 0.5) is 4.39 Å². The molecule has 0 saturated carbocycles. The van der Waals surface area contributed by atoms with E-state index in [1.165, 1.54) is 17.0 Å². The van der Waals surface area contributed by atoms with Gasteiger partial charge in [0.25, 0.3) is 10.0 Å². The molecule has 0 bridgehead atoms. The Kier molecular flexibility index (Phi) is 6.64. The number of halogens is 1. The highest BCUT2D eigenvalue weighted by molar-refractivity contribution is 7.91. The summed E-state index contributed by atoms with van der Waals surface area (Å²) in [6.45, 7) is 3.41. The zero-order chi connectivity index (χ0) is 22.9. The summed E-state index contributed by atoms with van der Waals surface area (Å²) in [6, 6.07) is 7.58. The third-order valence-corrected chi connectivity index (χ3v) is 9.10. The maximum atomic E-state index is 14.0. The van der Waals surface area contributed by atoms with E-state index in [1.54, 1.807) is 36.1 Å². The van der Waals surface area contributed by atoms with Crippen molar-refractivity contribution in [2.75, 3.05) is 19.6 Å². The van der Waals surface area contributed by atoms with Crippen LogP contribution in [0.5, 0.6) is 0 Å². The van der Waals surface area contributed by atoms with Gasteiger partial charge in [0, 0.05) is 30.1 Å². The summed E-state index contributed by atoms with van der Waals surface area (Å²) < 4.78 is 42.3. The van der Waals surface area contributed by atoms with Crippen LogP contribution in [-0.2, 0) is 19.6 Å². The number of sulfonamides is 1. The molecule has 0 unspecified atom stereocenters. The SMILES string of the molecule is C[C@@H](C(=O)N1CCCCC1)N1CC[C@H](NS(=O)(=O)c2ccc(-c3ccccc3F)s2)C1=O. The average Bonchev–Trinajstić information content (AvgIpc) is 3.42. The number of carbonyl (C=O) groups is 2. The minimum Gasteiger partial charge on any atom is -0.341 e. The van der Waals surface area contributed by atoms with Crippen LogP contribution in [0, 0.1) is 5.82 Å². The van der Waals surface area contributed by atoms with Crippen molar-refractivity contribution in [1.29, 1.82) is 0 Å². The van der Waals surface area contributed by atoms with Gasteiger partial charge in [-0.15, -0.1) is 11.3 Å². The minimum absolute atomic E-state index is 0.0134. The van der Waals surface area contributed by atoms with Crippen LogP contribution in [0.15, 0.2) is 40.6 Å². The van der Waals surface area contributed by atoms with Gasteiger partial charge in [0.1, 0.15) is 22.1 Å². The van der Waals surface area contributed by atoms with Gasteiger partial charge in [0.15, 0.2) is 0 Å². The zero-order valence-electron chi connectivity index (χ0n) is 17.8. The molecule has 1 aromatic heterocycles. The Morgan fingerprint density at radius 3 is 2.56 bits per heavy atom. The first-order valence-corrected chi connectivity index (χ1v) is 13.0. The molecule has 7 nitrogen and oxygen atoms in total. The van der Waals surface area contributed by atoms with Crippen molar-refractivity contribution in [1.82, 2.24) is 14.5 Å². The second-order valence-corrected chi connectivity index (χ2v) is 11.2. The lowest BCUT2D eigenvalue weighted by Gasteiger charge is -2.32. The highest BCUT2D eigenvalue weighted by atomic mass is 32.2. The molecule has 2 saturated heterocycles. The number of hydrogen-bond donors (Lipinski definition) is 1. The smallest absolute Gasteiger partial charge is 0.250 e. The molecule has 4 rings (SSSR count). The van der Waals surface area contributed by atoms with E-state index >= 15 is 0 Å². The number of piperidine rings is 1. The lowest BCUT2D eigenvalue weighted by atomic mass is 10.1. The number of nitrogens with zero attached hydrogens (tertiary/aromatic N) is 2. The van der Waals surface area contributed by atoms with Crippen molar-refractivity contribution in [3.8, 4) is 10.4 Å². The first kappa shape index (κ1) is 22.9. The van der Waals surface area contributed by atoms with Gasteiger partial charge in [-0.05, 0) is 50.8 Å². The van der Waals surface area contributed by atoms with Crippen LogP contribution in [-0.4, -0.2) is 61.7 Å². The molecular formula is C22H26FN3O4S2. The molecule has 172 valence electrons. The van der Waals surface area contributed by atoms with Crippen molar-refractivity contribution in [3.63, 3.8) is 0 Å². The van der Waals surface area contributed by atoms with Gasteiger partial charge in [-0.1, -0.05) is 18.2 Å². The molecule has 32 heavy (non-hydrogen) atoms. The number of thiophene rings is 1. The number of nitrogens with one attached hydrogen (secondary N) is 1. The van der Waals surface area contributed by atoms with E-state index in [0.29, 0.717) is 36.5 Å². The lowest BCUT2D eigenvalue weighted by Crippen LogP contribution is -2.51. The standard InChI is InChI=1S/C22H26FN3O4S2/c1-15(21(27)25-12-5-2-6-13-25)26-14-11-18(22(26)28)24-32(29,30)20-10-9-19(31-20)16-7-3-4-8-17(16)23/h3-4,7-10,15,18,24H,2,5-6,11-14H2,1H3/t15-,18-/m0/s1. The highest BCUT2D eigenvalue weighted by Crippen LogP contribution is 2.32. The van der Waals surface area contributed by atoms with Crippen LogP contribution in [0.3, 0.4) is 0 Å². The molecule has 1 aromatic carbocycles. The molecule has 2 atom stereocenters. The number of amides is 2. The fraction of sp³-hybridized carbons (Fsp3) is 0.455. The molecule has 2 aliphatic rings. The van der Waals surface area contributed by atoms with Crippen LogP contribution < -0.4 is 4.72 Å². The fourth-order valence-electron chi connectivity index (χ4n) is 4.22. The van der Waals surface area contributed by atoms with Gasteiger partial charge in [0.2, 0.25) is 11.8 Å². The zero-order valence-corrected chi connectivity index (χ0v) is 19.4. The highest BCUT2D eigenvalue weighted by Gasteiger charge is 2.40. The number of rotatable bonds is 6. The topological polar surface area (TPSA) is 86.8 Å². The van der Waals surface area contributed by atoms with Crippen molar-refractivity contribution < 1.29 is 22.4 Å². The van der Waals surface area contributed by atoms with E-state index in [4.69, 9.17) is 0 Å². The van der Waals surface area contributed by atoms with E-state index in [2.05, 4.69) is 4.72 Å². The predicted octanol–water partition coefficient (Wildman–Crippen LogP) is 2.83. The molecule has 2 fully saturated rings. The normalized spacial score (nSPS) is 20.6. The molecule has 3 heterocycles. The molecule has 10 heteroatoms. The first-order chi connectivity index (χ1) is 15.3. The Balaban J connectivity index is 1.43. The third kappa shape index (κ3) is 4.57. The quantitative estimate of drug-likeness (QED) is 0.690. The van der Waals surface area contributed by atoms with E-state index < -0.39 is 33.8 Å². The summed E-state index contributed by atoms with van der Waals surface area (Å²) in [6.07, 6.45) is 3.32. The number of benzene rings is 1. The van der Waals surface area contributed by atoms with Crippen LogP contribution in [0.2, 0.25) is 0 Å². The van der Waals surface area contributed by atoms with E-state index in [0.717, 1.165) is 30.6 Å². The van der Waals surface area contributed by atoms with Crippen molar-refractivity contribution in [2.24, 2.45) is 0 Å². The van der Waals surface area contributed by atoms with Crippen molar-refractivity contribution in [2.45, 2.75) is 48.9 Å². The second-order valence-electron chi connectivity index (χ2n) is 8.15. The summed E-state index contributed by atoms with van der Waals surface area (Å²) in [5, 5.41) is 0. The number of hydrogen-bond acceptors (Lipinski definition) is 5. The molecule has 0 spiro atoms. The van der Waals surface area contributed by atoms with Crippen molar-refractivity contribution in [3.05, 3.63) is 42.2 Å². The summed E-state index contributed by atoms with van der Waals surface area (Å²) in [4.78, 5) is 29.4. The monoisotopic (exact) mass is 479 g/mol. The Labute approximate surface area is 191 Å². The summed E-state index contributed by atoms with van der Waals surface area (Å²) in [5.74, 6) is -0.910. The van der Waals surface area contributed by atoms with Gasteiger partial charge in [0.05, 0.1) is 0 Å². The van der Waals surface area contributed by atoms with Gasteiger partial charge >= 0.3 is 0 Å². The number of likely N-dealkylation sites (tertiary alicyclic amines) is 2. The maximum Gasteiger partial charge on any atom is 0.250 e. The Morgan fingerprint density at radius 1 is 1.12 bits per heavy atom. The van der Waals surface area contributed by atoms with Gasteiger partial charge in [-0.3, -0.25) is 9.59 Å². The summed E-state index contributed by atoms with van der Waals surface area (Å²) in [5.41, 5.74) is 0.326. The summed E-state index contributed by atoms with van der Waals surface area (Å²) in [7, 11) is -3.96. The largest absolute Gasteiger partial charge is 0.341 e. The van der Waals surface area contributed by atoms with Crippen LogP contribution >= 0.6 is 11.3 Å². The molecular weight excluding hydrogens is 453 g/mol. The van der Waals surface area contributed by atoms with E-state index in [-0.39, 0.29) is 10.1 Å². The first-order valence-electron chi connectivity index (χ1n) is 10.7. The Bertz CT molecular complexity index is 1110. The minimum atomic E-state index is -3.96. The van der Waals surface area contributed by atoms with Gasteiger partial charge < -0.3 is 9.80 Å². The number of carbonyl (C=O) groups excluding carboxylic acids is 2. The lowest BCUT2D eigenvalue weighted by molar-refractivity contribution is -0.143. The van der Waals surface area contributed by atoms with Crippen LogP contribution in [0.25, 0.3) is 10.4 Å². The molecule has 2 amide bonds. The molecule has 0 radical (unpaired) electrons. The van der Waals surface area contributed by atoms with Gasteiger partial charge in [-0.2, -0.15) is 4.72 Å². The molecule has 2 aliphatic heterocycles. The van der Waals surface area contributed by atoms with Crippen LogP contribution in [0.1, 0.15) is 32.6 Å². The predicted molar refractivity (Wildman–Crippen MR) is 120 cm³/mol. The molecule has 1 N–H and O–H groups in total. The fourth-order valence-corrected chi connectivity index (χ4v) is 6.80. The molecule has 2 aromatic rings. The van der Waals surface area contributed by atoms with E-state index in [9.17, 15) is 22.4 Å². The van der Waals surface area contributed by atoms with E-state index in [1.807, 2.05) is 0 Å². The van der Waals surface area contributed by atoms with Gasteiger partial charge in [-0.25, -0.2) is 12.8 Å². The Morgan fingerprint density at radius 2 is 1.84 bits per heavy atom. The Hall–Kier alpha value is -2.30. The second kappa shape index (κ2) is 9.29. The molecule has 0 aliphatic carbocycles. The third-order valence-electron chi connectivity index (χ3n) is 6.02. The maximum absolute atomic E-state index is 14.0.